The average Bonchev–Trinajstić information content (AvgIpc) is 2.55. The summed E-state index contributed by atoms with van der Waals surface area (Å²) < 4.78 is 0. The SMILES string of the molecule is C=C(C)Nc1ccc(NC(=C)c2ccc3cccnc3n2)cc1. The largest absolute Gasteiger partial charge is 0.360 e. The van der Waals surface area contributed by atoms with E-state index in [1.807, 2.05) is 55.5 Å². The molecule has 2 N–H and O–H groups in total. The van der Waals surface area contributed by atoms with Crippen molar-refractivity contribution in [1.29, 1.82) is 0 Å². The summed E-state index contributed by atoms with van der Waals surface area (Å²) in [5.74, 6) is 0. The summed E-state index contributed by atoms with van der Waals surface area (Å²) in [4.78, 5) is 8.81. The summed E-state index contributed by atoms with van der Waals surface area (Å²) in [5, 5.41) is 7.45. The van der Waals surface area contributed by atoms with E-state index in [1.54, 1.807) is 6.20 Å². The van der Waals surface area contributed by atoms with Gasteiger partial charge in [0.1, 0.15) is 0 Å². The second-order valence-electron chi connectivity index (χ2n) is 5.33. The molecule has 114 valence electrons. The Labute approximate surface area is 135 Å². The maximum atomic E-state index is 4.53. The number of fused-ring (bicyclic) bond motifs is 1. The van der Waals surface area contributed by atoms with Crippen LogP contribution in [-0.2, 0) is 0 Å². The van der Waals surface area contributed by atoms with Crippen LogP contribution < -0.4 is 10.6 Å². The first-order chi connectivity index (χ1) is 11.1. The number of rotatable bonds is 5. The molecule has 3 aromatic rings. The van der Waals surface area contributed by atoms with Gasteiger partial charge in [-0.15, -0.1) is 0 Å². The van der Waals surface area contributed by atoms with Gasteiger partial charge < -0.3 is 10.6 Å². The summed E-state index contributed by atoms with van der Waals surface area (Å²) >= 11 is 0. The van der Waals surface area contributed by atoms with E-state index in [1.165, 1.54) is 0 Å². The van der Waals surface area contributed by atoms with Crippen molar-refractivity contribution >= 4 is 28.1 Å². The minimum atomic E-state index is 0.717. The summed E-state index contributed by atoms with van der Waals surface area (Å²) in [6.07, 6.45) is 1.74. The predicted molar refractivity (Wildman–Crippen MR) is 97.1 cm³/mol. The van der Waals surface area contributed by atoms with Crippen molar-refractivity contribution in [3.8, 4) is 0 Å². The zero-order valence-corrected chi connectivity index (χ0v) is 13.0. The van der Waals surface area contributed by atoms with Crippen LogP contribution in [0.25, 0.3) is 16.7 Å². The van der Waals surface area contributed by atoms with Crippen LogP contribution in [-0.4, -0.2) is 9.97 Å². The van der Waals surface area contributed by atoms with Crippen LogP contribution in [0.15, 0.2) is 73.6 Å². The highest BCUT2D eigenvalue weighted by atomic mass is 14.9. The molecular formula is C19H18N4. The van der Waals surface area contributed by atoms with Crippen LogP contribution >= 0.6 is 0 Å². The number of nitrogens with one attached hydrogen (secondary N) is 2. The molecule has 1 aromatic carbocycles. The lowest BCUT2D eigenvalue weighted by Crippen LogP contribution is -2.00. The first kappa shape index (κ1) is 14.8. The Hall–Kier alpha value is -3.14. The molecule has 0 bridgehead atoms. The van der Waals surface area contributed by atoms with Gasteiger partial charge in [-0.2, -0.15) is 0 Å². The van der Waals surface area contributed by atoms with Crippen molar-refractivity contribution in [2.75, 3.05) is 10.6 Å². The van der Waals surface area contributed by atoms with Crippen molar-refractivity contribution < 1.29 is 0 Å². The molecule has 23 heavy (non-hydrogen) atoms. The average molecular weight is 302 g/mol. The molecule has 0 amide bonds. The third kappa shape index (κ3) is 3.55. The zero-order chi connectivity index (χ0) is 16.2. The second-order valence-corrected chi connectivity index (χ2v) is 5.33. The number of aromatic nitrogens is 2. The third-order valence-electron chi connectivity index (χ3n) is 3.31. The highest BCUT2D eigenvalue weighted by Crippen LogP contribution is 2.20. The van der Waals surface area contributed by atoms with E-state index in [2.05, 4.69) is 33.8 Å². The molecule has 4 nitrogen and oxygen atoms in total. The highest BCUT2D eigenvalue weighted by Gasteiger charge is 2.04. The molecule has 2 heterocycles. The van der Waals surface area contributed by atoms with Crippen molar-refractivity contribution in [1.82, 2.24) is 9.97 Å². The normalized spacial score (nSPS) is 10.3. The monoisotopic (exact) mass is 302 g/mol. The van der Waals surface area contributed by atoms with Gasteiger partial charge in [0, 0.05) is 28.7 Å². The predicted octanol–water partition coefficient (Wildman–Crippen LogP) is 4.66. The highest BCUT2D eigenvalue weighted by molar-refractivity contribution is 5.80. The van der Waals surface area contributed by atoms with Crippen molar-refractivity contribution in [2.45, 2.75) is 6.92 Å². The number of benzene rings is 1. The number of allylic oxidation sites excluding steroid dienone is 1. The maximum absolute atomic E-state index is 4.53. The molecule has 4 heteroatoms. The standard InChI is InChI=1S/C19H18N4/c1-13(2)21-16-7-9-17(10-8-16)22-14(3)18-11-6-15-5-4-12-20-19(15)23-18/h4-12,21-22H,1,3H2,2H3. The lowest BCUT2D eigenvalue weighted by atomic mass is 10.2. The van der Waals surface area contributed by atoms with Crippen LogP contribution in [0.4, 0.5) is 11.4 Å². The van der Waals surface area contributed by atoms with Gasteiger partial charge in [0.15, 0.2) is 5.65 Å². The first-order valence-electron chi connectivity index (χ1n) is 7.32. The Morgan fingerprint density at radius 3 is 2.30 bits per heavy atom. The number of hydrogen-bond donors (Lipinski definition) is 2. The van der Waals surface area contributed by atoms with Gasteiger partial charge in [-0.05, 0) is 55.5 Å². The van der Waals surface area contributed by atoms with Crippen molar-refractivity contribution in [3.63, 3.8) is 0 Å². The summed E-state index contributed by atoms with van der Waals surface area (Å²) in [7, 11) is 0. The fraction of sp³-hybridized carbons (Fsp3) is 0.0526. The van der Waals surface area contributed by atoms with Gasteiger partial charge in [-0.1, -0.05) is 13.2 Å². The number of hydrogen-bond acceptors (Lipinski definition) is 4. The summed E-state index contributed by atoms with van der Waals surface area (Å²) in [6, 6.07) is 15.8. The van der Waals surface area contributed by atoms with Gasteiger partial charge in [0.2, 0.25) is 0 Å². The van der Waals surface area contributed by atoms with Crippen LogP contribution in [0, 0.1) is 0 Å². The number of anilines is 2. The Morgan fingerprint density at radius 2 is 1.61 bits per heavy atom. The lowest BCUT2D eigenvalue weighted by Gasteiger charge is -2.11. The van der Waals surface area contributed by atoms with E-state index in [9.17, 15) is 0 Å². The van der Waals surface area contributed by atoms with E-state index in [4.69, 9.17) is 0 Å². The molecule has 0 aliphatic carbocycles. The quantitative estimate of drug-likeness (QED) is 0.720. The van der Waals surface area contributed by atoms with Gasteiger partial charge in [0.05, 0.1) is 11.4 Å². The van der Waals surface area contributed by atoms with E-state index < -0.39 is 0 Å². The molecule has 0 atom stereocenters. The Bertz CT molecular complexity index is 866. The Balaban J connectivity index is 1.76. The molecule has 0 aliphatic rings. The fourth-order valence-corrected chi connectivity index (χ4v) is 2.24. The Kier molecular flexibility index (Phi) is 4.06. The van der Waals surface area contributed by atoms with Crippen LogP contribution in [0.2, 0.25) is 0 Å². The van der Waals surface area contributed by atoms with Gasteiger partial charge in [0.25, 0.3) is 0 Å². The van der Waals surface area contributed by atoms with E-state index in [0.29, 0.717) is 5.65 Å². The fourth-order valence-electron chi connectivity index (χ4n) is 2.24. The first-order valence-corrected chi connectivity index (χ1v) is 7.32. The number of pyridine rings is 2. The smallest absolute Gasteiger partial charge is 0.159 e. The second kappa shape index (κ2) is 6.32. The molecular weight excluding hydrogens is 284 g/mol. The molecule has 0 radical (unpaired) electrons. The Morgan fingerprint density at radius 1 is 0.913 bits per heavy atom. The maximum Gasteiger partial charge on any atom is 0.159 e. The van der Waals surface area contributed by atoms with Crippen molar-refractivity contribution in [3.05, 3.63) is 79.3 Å². The molecule has 0 saturated heterocycles. The third-order valence-corrected chi connectivity index (χ3v) is 3.31. The molecule has 0 aliphatic heterocycles. The van der Waals surface area contributed by atoms with Gasteiger partial charge >= 0.3 is 0 Å². The van der Waals surface area contributed by atoms with Gasteiger partial charge in [-0.25, -0.2) is 9.97 Å². The summed E-state index contributed by atoms with van der Waals surface area (Å²) in [6.45, 7) is 9.82. The summed E-state index contributed by atoms with van der Waals surface area (Å²) in [5.41, 5.74) is 5.09. The van der Waals surface area contributed by atoms with Crippen molar-refractivity contribution in [2.24, 2.45) is 0 Å². The molecule has 3 rings (SSSR count). The lowest BCUT2D eigenvalue weighted by molar-refractivity contribution is 1.25. The van der Waals surface area contributed by atoms with E-state index in [0.717, 1.165) is 33.8 Å². The van der Waals surface area contributed by atoms with Crippen LogP contribution in [0.3, 0.4) is 0 Å². The zero-order valence-electron chi connectivity index (χ0n) is 13.0. The van der Waals surface area contributed by atoms with E-state index >= 15 is 0 Å². The van der Waals surface area contributed by atoms with Crippen LogP contribution in [0.5, 0.6) is 0 Å². The molecule has 2 aromatic heterocycles. The van der Waals surface area contributed by atoms with Crippen LogP contribution in [0.1, 0.15) is 12.6 Å². The molecule has 0 unspecified atom stereocenters. The topological polar surface area (TPSA) is 49.8 Å². The minimum Gasteiger partial charge on any atom is -0.360 e. The van der Waals surface area contributed by atoms with Gasteiger partial charge in [-0.3, -0.25) is 0 Å². The molecule has 0 saturated carbocycles. The van der Waals surface area contributed by atoms with E-state index in [-0.39, 0.29) is 0 Å². The molecule has 0 fully saturated rings. The number of nitrogens with zero attached hydrogens (tertiary/aromatic N) is 2. The minimum absolute atomic E-state index is 0.717. The molecule has 0 spiro atoms.